The first kappa shape index (κ1) is 11.8. The number of hydrogen-bond donors (Lipinski definition) is 0. The molecular formula is C18H22. The molecule has 1 aromatic rings. The monoisotopic (exact) mass is 238 g/mol. The average Bonchev–Trinajstić information content (AvgIpc) is 2.69. The van der Waals surface area contributed by atoms with Crippen LogP contribution in [0.1, 0.15) is 45.6 Å². The highest BCUT2D eigenvalue weighted by atomic mass is 14.5. The number of fused-ring (bicyclic) bond motifs is 1. The highest BCUT2D eigenvalue weighted by molar-refractivity contribution is 5.78. The van der Waals surface area contributed by atoms with Crippen LogP contribution in [0.2, 0.25) is 0 Å². The number of allylic oxidation sites excluding steroid dienone is 4. The van der Waals surface area contributed by atoms with Crippen molar-refractivity contribution in [1.82, 2.24) is 0 Å². The first-order valence-electron chi connectivity index (χ1n) is 7.03. The van der Waals surface area contributed by atoms with Crippen LogP contribution in [0, 0.1) is 10.8 Å². The van der Waals surface area contributed by atoms with Crippen molar-refractivity contribution in [2.24, 2.45) is 10.8 Å². The van der Waals surface area contributed by atoms with Gasteiger partial charge in [0.25, 0.3) is 0 Å². The van der Waals surface area contributed by atoms with Gasteiger partial charge in [-0.1, -0.05) is 75.2 Å². The Bertz CT molecular complexity index is 516. The zero-order valence-electron chi connectivity index (χ0n) is 11.7. The molecule has 1 aromatic carbocycles. The van der Waals surface area contributed by atoms with Crippen LogP contribution in [0.3, 0.4) is 0 Å². The second kappa shape index (κ2) is 3.85. The summed E-state index contributed by atoms with van der Waals surface area (Å²) in [5.74, 6) is 0. The fourth-order valence-corrected chi connectivity index (χ4v) is 3.97. The fourth-order valence-electron chi connectivity index (χ4n) is 3.97. The van der Waals surface area contributed by atoms with E-state index in [2.05, 4.69) is 63.3 Å². The van der Waals surface area contributed by atoms with Crippen LogP contribution in [0.15, 0.2) is 48.1 Å². The predicted octanol–water partition coefficient (Wildman–Crippen LogP) is 5.23. The standard InChI is InChI=1S/C18H22/c1-17(2)12-7-13-18(3)15(10-11-16(17)18)14-8-5-4-6-9-14/h4-6,8-11H,7,12-13H2,1-3H3/t18-/m1/s1. The summed E-state index contributed by atoms with van der Waals surface area (Å²) in [6.07, 6.45) is 8.71. The molecule has 0 saturated heterocycles. The third-order valence-corrected chi connectivity index (χ3v) is 4.90. The molecule has 0 aromatic heterocycles. The van der Waals surface area contributed by atoms with E-state index in [1.54, 1.807) is 5.57 Å². The lowest BCUT2D eigenvalue weighted by molar-refractivity contribution is 0.251. The molecule has 1 saturated carbocycles. The van der Waals surface area contributed by atoms with Gasteiger partial charge in [-0.05, 0) is 29.4 Å². The smallest absolute Gasteiger partial charge is 0.0148 e. The maximum absolute atomic E-state index is 2.44. The van der Waals surface area contributed by atoms with Crippen molar-refractivity contribution in [3.05, 3.63) is 53.6 Å². The van der Waals surface area contributed by atoms with Gasteiger partial charge >= 0.3 is 0 Å². The summed E-state index contributed by atoms with van der Waals surface area (Å²) < 4.78 is 0. The van der Waals surface area contributed by atoms with Crippen molar-refractivity contribution >= 4 is 5.57 Å². The van der Waals surface area contributed by atoms with Gasteiger partial charge in [-0.25, -0.2) is 0 Å². The molecular weight excluding hydrogens is 216 g/mol. The Morgan fingerprint density at radius 3 is 2.33 bits per heavy atom. The molecule has 94 valence electrons. The fraction of sp³-hybridized carbons (Fsp3) is 0.444. The SMILES string of the molecule is CC1(C)CCC[C@]2(C)C(c3ccccc3)=CC=C12. The minimum Gasteiger partial charge on any atom is -0.0622 e. The van der Waals surface area contributed by atoms with Crippen molar-refractivity contribution in [2.45, 2.75) is 40.0 Å². The highest BCUT2D eigenvalue weighted by Crippen LogP contribution is 2.59. The van der Waals surface area contributed by atoms with E-state index in [1.807, 2.05) is 0 Å². The minimum absolute atomic E-state index is 0.267. The largest absolute Gasteiger partial charge is 0.0622 e. The minimum atomic E-state index is 0.267. The van der Waals surface area contributed by atoms with Gasteiger partial charge in [0.15, 0.2) is 0 Å². The summed E-state index contributed by atoms with van der Waals surface area (Å²) in [5, 5.41) is 0. The molecule has 0 unspecified atom stereocenters. The van der Waals surface area contributed by atoms with Crippen molar-refractivity contribution in [1.29, 1.82) is 0 Å². The zero-order chi connectivity index (χ0) is 12.8. The molecule has 0 heteroatoms. The first-order chi connectivity index (χ1) is 8.54. The van der Waals surface area contributed by atoms with Gasteiger partial charge in [-0.2, -0.15) is 0 Å². The second-order valence-electron chi connectivity index (χ2n) is 6.60. The average molecular weight is 238 g/mol. The molecule has 2 aliphatic carbocycles. The van der Waals surface area contributed by atoms with Crippen molar-refractivity contribution < 1.29 is 0 Å². The third-order valence-electron chi connectivity index (χ3n) is 4.90. The quantitative estimate of drug-likeness (QED) is 0.628. The Kier molecular flexibility index (Phi) is 2.52. The van der Waals surface area contributed by atoms with Crippen molar-refractivity contribution in [3.63, 3.8) is 0 Å². The summed E-state index contributed by atoms with van der Waals surface area (Å²) in [4.78, 5) is 0. The van der Waals surface area contributed by atoms with Gasteiger partial charge in [0.2, 0.25) is 0 Å². The summed E-state index contributed by atoms with van der Waals surface area (Å²) in [5.41, 5.74) is 5.18. The molecule has 3 rings (SSSR count). The molecule has 0 aliphatic heterocycles. The van der Waals surface area contributed by atoms with Gasteiger partial charge in [0.1, 0.15) is 0 Å². The number of benzene rings is 1. The summed E-state index contributed by atoms with van der Waals surface area (Å²) >= 11 is 0. The molecule has 18 heavy (non-hydrogen) atoms. The highest BCUT2D eigenvalue weighted by Gasteiger charge is 2.45. The van der Waals surface area contributed by atoms with Crippen molar-refractivity contribution in [2.75, 3.05) is 0 Å². The number of rotatable bonds is 1. The Morgan fingerprint density at radius 2 is 1.61 bits per heavy atom. The Hall–Kier alpha value is -1.30. The topological polar surface area (TPSA) is 0 Å². The Labute approximate surface area is 110 Å². The Balaban J connectivity index is 2.03. The Morgan fingerprint density at radius 1 is 0.889 bits per heavy atom. The normalized spacial score (nSPS) is 29.5. The van der Waals surface area contributed by atoms with E-state index in [-0.39, 0.29) is 5.41 Å². The van der Waals surface area contributed by atoms with Crippen molar-refractivity contribution in [3.8, 4) is 0 Å². The van der Waals surface area contributed by atoms with Crippen LogP contribution in [0.5, 0.6) is 0 Å². The molecule has 0 radical (unpaired) electrons. The second-order valence-corrected chi connectivity index (χ2v) is 6.60. The van der Waals surface area contributed by atoms with Gasteiger partial charge in [-0.3, -0.25) is 0 Å². The molecule has 0 N–H and O–H groups in total. The maximum Gasteiger partial charge on any atom is 0.0148 e. The molecule has 0 heterocycles. The summed E-state index contributed by atoms with van der Waals surface area (Å²) in [7, 11) is 0. The maximum atomic E-state index is 2.44. The van der Waals surface area contributed by atoms with E-state index in [9.17, 15) is 0 Å². The molecule has 1 fully saturated rings. The van der Waals surface area contributed by atoms with Crippen LogP contribution in [0.25, 0.3) is 5.57 Å². The van der Waals surface area contributed by atoms with Gasteiger partial charge in [0, 0.05) is 5.41 Å². The molecule has 0 spiro atoms. The van der Waals surface area contributed by atoms with E-state index in [0.717, 1.165) is 0 Å². The lowest BCUT2D eigenvalue weighted by Gasteiger charge is -2.45. The van der Waals surface area contributed by atoms with Crippen LogP contribution < -0.4 is 0 Å². The number of hydrogen-bond acceptors (Lipinski definition) is 0. The van der Waals surface area contributed by atoms with Crippen LogP contribution in [-0.2, 0) is 0 Å². The molecule has 0 bridgehead atoms. The van der Waals surface area contributed by atoms with E-state index in [0.29, 0.717) is 5.41 Å². The third kappa shape index (κ3) is 1.59. The first-order valence-corrected chi connectivity index (χ1v) is 7.03. The van der Waals surface area contributed by atoms with Crippen LogP contribution >= 0.6 is 0 Å². The molecule has 0 amide bonds. The lowest BCUT2D eigenvalue weighted by Crippen LogP contribution is -2.33. The van der Waals surface area contributed by atoms with E-state index < -0.39 is 0 Å². The molecule has 2 aliphatic rings. The van der Waals surface area contributed by atoms with Gasteiger partial charge in [0.05, 0.1) is 0 Å². The zero-order valence-corrected chi connectivity index (χ0v) is 11.7. The summed E-state index contributed by atoms with van der Waals surface area (Å²) in [6, 6.07) is 10.9. The van der Waals surface area contributed by atoms with Gasteiger partial charge in [-0.15, -0.1) is 0 Å². The van der Waals surface area contributed by atoms with Gasteiger partial charge < -0.3 is 0 Å². The van der Waals surface area contributed by atoms with E-state index in [1.165, 1.54) is 30.4 Å². The predicted molar refractivity (Wildman–Crippen MR) is 78.2 cm³/mol. The van der Waals surface area contributed by atoms with E-state index in [4.69, 9.17) is 0 Å². The molecule has 0 nitrogen and oxygen atoms in total. The summed E-state index contributed by atoms with van der Waals surface area (Å²) in [6.45, 7) is 7.24. The molecule has 1 atom stereocenters. The van der Waals surface area contributed by atoms with Crippen LogP contribution in [-0.4, -0.2) is 0 Å². The van der Waals surface area contributed by atoms with E-state index >= 15 is 0 Å². The lowest BCUT2D eigenvalue weighted by atomic mass is 9.59. The van der Waals surface area contributed by atoms with Crippen LogP contribution in [0.4, 0.5) is 0 Å².